The number of carboxylic acids is 1. The first-order valence-electron chi connectivity index (χ1n) is 6.90. The van der Waals surface area contributed by atoms with Gasteiger partial charge in [0, 0.05) is 18.8 Å². The molecule has 0 radical (unpaired) electrons. The van der Waals surface area contributed by atoms with E-state index in [1.807, 2.05) is 24.3 Å². The van der Waals surface area contributed by atoms with Crippen molar-refractivity contribution >= 4 is 17.6 Å². The van der Waals surface area contributed by atoms with Crippen molar-refractivity contribution < 1.29 is 19.4 Å². The highest BCUT2D eigenvalue weighted by Gasteiger charge is 2.36. The lowest BCUT2D eigenvalue weighted by molar-refractivity contribution is -0.141. The summed E-state index contributed by atoms with van der Waals surface area (Å²) in [6.07, 6.45) is 1.65. The van der Waals surface area contributed by atoms with Gasteiger partial charge in [0.2, 0.25) is 0 Å². The molecule has 5 nitrogen and oxygen atoms in total. The second-order valence-corrected chi connectivity index (χ2v) is 5.32. The van der Waals surface area contributed by atoms with Gasteiger partial charge in [-0.15, -0.1) is 0 Å². The third-order valence-electron chi connectivity index (χ3n) is 3.97. The highest BCUT2D eigenvalue weighted by molar-refractivity contribution is 5.98. The molecule has 0 bridgehead atoms. The second kappa shape index (κ2) is 5.25. The number of rotatable bonds is 2. The van der Waals surface area contributed by atoms with Crippen molar-refractivity contribution in [3.8, 4) is 0 Å². The SMILES string of the molecule is O=C(O)C1Cc2ccccc2N(C(=O)[C@@H]2CCCO2)C1. The van der Waals surface area contributed by atoms with Gasteiger partial charge in [0.05, 0.1) is 5.92 Å². The van der Waals surface area contributed by atoms with E-state index in [-0.39, 0.29) is 12.5 Å². The number of carboxylic acid groups (broad SMARTS) is 1. The summed E-state index contributed by atoms with van der Waals surface area (Å²) in [6.45, 7) is 0.833. The highest BCUT2D eigenvalue weighted by Crippen LogP contribution is 2.31. The summed E-state index contributed by atoms with van der Waals surface area (Å²) in [4.78, 5) is 25.4. The van der Waals surface area contributed by atoms with Crippen LogP contribution in [0.25, 0.3) is 0 Å². The number of para-hydroxylation sites is 1. The number of aliphatic carboxylic acids is 1. The van der Waals surface area contributed by atoms with E-state index in [0.717, 1.165) is 24.1 Å². The Morgan fingerprint density at radius 2 is 2.10 bits per heavy atom. The molecule has 1 N–H and O–H groups in total. The maximum atomic E-state index is 12.5. The largest absolute Gasteiger partial charge is 0.481 e. The van der Waals surface area contributed by atoms with Gasteiger partial charge < -0.3 is 14.7 Å². The van der Waals surface area contributed by atoms with Crippen LogP contribution in [0.2, 0.25) is 0 Å². The van der Waals surface area contributed by atoms with Crippen LogP contribution in [0, 0.1) is 5.92 Å². The number of benzene rings is 1. The Hall–Kier alpha value is -1.88. The van der Waals surface area contributed by atoms with Crippen LogP contribution < -0.4 is 4.90 Å². The van der Waals surface area contributed by atoms with E-state index < -0.39 is 18.0 Å². The number of ether oxygens (including phenoxy) is 1. The molecular weight excluding hydrogens is 258 g/mol. The van der Waals surface area contributed by atoms with Gasteiger partial charge in [-0.3, -0.25) is 9.59 Å². The number of carbonyl (C=O) groups excluding carboxylic acids is 1. The molecule has 1 fully saturated rings. The average Bonchev–Trinajstić information content (AvgIpc) is 2.99. The minimum absolute atomic E-state index is 0.110. The number of hydrogen-bond donors (Lipinski definition) is 1. The Morgan fingerprint density at radius 1 is 1.30 bits per heavy atom. The Labute approximate surface area is 117 Å². The summed E-state index contributed by atoms with van der Waals surface area (Å²) < 4.78 is 5.44. The molecule has 0 spiro atoms. The van der Waals surface area contributed by atoms with Crippen molar-refractivity contribution in [1.29, 1.82) is 0 Å². The third-order valence-corrected chi connectivity index (χ3v) is 3.97. The standard InChI is InChI=1S/C15H17NO4/c17-14(13-6-3-7-20-13)16-9-11(15(18)19)8-10-4-1-2-5-12(10)16/h1-2,4-5,11,13H,3,6-9H2,(H,18,19)/t11?,13-/m0/s1. The number of nitrogens with zero attached hydrogens (tertiary/aromatic N) is 1. The molecule has 2 aliphatic rings. The number of hydrogen-bond acceptors (Lipinski definition) is 3. The fraction of sp³-hybridized carbons (Fsp3) is 0.467. The fourth-order valence-corrected chi connectivity index (χ4v) is 2.92. The molecule has 2 atom stereocenters. The van der Waals surface area contributed by atoms with Crippen LogP contribution in [0.5, 0.6) is 0 Å². The lowest BCUT2D eigenvalue weighted by Crippen LogP contribution is -2.46. The molecule has 2 aliphatic heterocycles. The van der Waals surface area contributed by atoms with Crippen LogP contribution in [0.1, 0.15) is 18.4 Å². The molecule has 5 heteroatoms. The molecule has 1 aromatic carbocycles. The highest BCUT2D eigenvalue weighted by atomic mass is 16.5. The van der Waals surface area contributed by atoms with Gasteiger partial charge in [0.25, 0.3) is 5.91 Å². The zero-order valence-electron chi connectivity index (χ0n) is 11.1. The first-order valence-corrected chi connectivity index (χ1v) is 6.90. The first kappa shape index (κ1) is 13.1. The molecule has 2 heterocycles. The molecule has 3 rings (SSSR count). The monoisotopic (exact) mass is 275 g/mol. The van der Waals surface area contributed by atoms with E-state index in [1.165, 1.54) is 0 Å². The first-order chi connectivity index (χ1) is 9.66. The van der Waals surface area contributed by atoms with Crippen molar-refractivity contribution in [2.24, 2.45) is 5.92 Å². The summed E-state index contributed by atoms with van der Waals surface area (Å²) in [5.74, 6) is -1.51. The number of anilines is 1. The maximum absolute atomic E-state index is 12.5. The molecule has 1 aromatic rings. The van der Waals surface area contributed by atoms with Crippen molar-refractivity contribution in [3.05, 3.63) is 29.8 Å². The van der Waals surface area contributed by atoms with E-state index >= 15 is 0 Å². The molecule has 1 saturated heterocycles. The van der Waals surface area contributed by atoms with Crippen LogP contribution in [0.3, 0.4) is 0 Å². The van der Waals surface area contributed by atoms with Crippen molar-refractivity contribution in [3.63, 3.8) is 0 Å². The summed E-state index contributed by atoms with van der Waals surface area (Å²) in [6, 6.07) is 7.51. The summed E-state index contributed by atoms with van der Waals surface area (Å²) in [5, 5.41) is 9.26. The summed E-state index contributed by atoms with van der Waals surface area (Å²) in [7, 11) is 0. The minimum atomic E-state index is -0.857. The van der Waals surface area contributed by atoms with E-state index in [0.29, 0.717) is 13.0 Å². The van der Waals surface area contributed by atoms with E-state index in [2.05, 4.69) is 0 Å². The zero-order chi connectivity index (χ0) is 14.1. The van der Waals surface area contributed by atoms with Gasteiger partial charge in [-0.1, -0.05) is 18.2 Å². The topological polar surface area (TPSA) is 66.8 Å². The van der Waals surface area contributed by atoms with Gasteiger partial charge in [-0.25, -0.2) is 0 Å². The molecule has 1 amide bonds. The maximum Gasteiger partial charge on any atom is 0.308 e. The molecule has 1 unspecified atom stereocenters. The molecular formula is C15H17NO4. The van der Waals surface area contributed by atoms with Gasteiger partial charge in [-0.2, -0.15) is 0 Å². The van der Waals surface area contributed by atoms with Gasteiger partial charge in [0.15, 0.2) is 0 Å². The van der Waals surface area contributed by atoms with Crippen LogP contribution in [-0.2, 0) is 20.7 Å². The predicted octanol–water partition coefficient (Wildman–Crippen LogP) is 1.46. The Bertz CT molecular complexity index is 536. The zero-order valence-corrected chi connectivity index (χ0v) is 11.1. The van der Waals surface area contributed by atoms with E-state index in [4.69, 9.17) is 4.74 Å². The molecule has 106 valence electrons. The van der Waals surface area contributed by atoms with Crippen LogP contribution in [0.4, 0.5) is 5.69 Å². The Balaban J connectivity index is 1.91. The van der Waals surface area contributed by atoms with E-state index in [9.17, 15) is 14.7 Å². The lowest BCUT2D eigenvalue weighted by Gasteiger charge is -2.34. The van der Waals surface area contributed by atoms with Gasteiger partial charge in [-0.05, 0) is 30.9 Å². The minimum Gasteiger partial charge on any atom is -0.481 e. The number of fused-ring (bicyclic) bond motifs is 1. The van der Waals surface area contributed by atoms with Crippen molar-refractivity contribution in [1.82, 2.24) is 0 Å². The van der Waals surface area contributed by atoms with Crippen LogP contribution in [0.15, 0.2) is 24.3 Å². The number of amides is 1. The average molecular weight is 275 g/mol. The van der Waals surface area contributed by atoms with Crippen molar-refractivity contribution in [2.45, 2.75) is 25.4 Å². The Morgan fingerprint density at radius 3 is 2.80 bits per heavy atom. The third kappa shape index (κ3) is 2.29. The molecule has 0 saturated carbocycles. The number of carbonyl (C=O) groups is 2. The lowest BCUT2D eigenvalue weighted by atomic mass is 9.92. The van der Waals surface area contributed by atoms with E-state index in [1.54, 1.807) is 4.90 Å². The summed E-state index contributed by atoms with van der Waals surface area (Å²) in [5.41, 5.74) is 1.74. The molecule has 0 aliphatic carbocycles. The molecule has 20 heavy (non-hydrogen) atoms. The second-order valence-electron chi connectivity index (χ2n) is 5.32. The fourth-order valence-electron chi connectivity index (χ4n) is 2.92. The van der Waals surface area contributed by atoms with Crippen molar-refractivity contribution in [2.75, 3.05) is 18.1 Å². The smallest absolute Gasteiger partial charge is 0.308 e. The molecule has 0 aromatic heterocycles. The normalized spacial score (nSPS) is 25.3. The quantitative estimate of drug-likeness (QED) is 0.887. The van der Waals surface area contributed by atoms with Crippen LogP contribution >= 0.6 is 0 Å². The van der Waals surface area contributed by atoms with Gasteiger partial charge in [0.1, 0.15) is 6.10 Å². The Kier molecular flexibility index (Phi) is 3.44. The summed E-state index contributed by atoms with van der Waals surface area (Å²) >= 11 is 0. The predicted molar refractivity (Wildman–Crippen MR) is 72.6 cm³/mol. The van der Waals surface area contributed by atoms with Gasteiger partial charge >= 0.3 is 5.97 Å². The van der Waals surface area contributed by atoms with Crippen LogP contribution in [-0.4, -0.2) is 36.2 Å².